The predicted molar refractivity (Wildman–Crippen MR) is 113 cm³/mol. The lowest BCUT2D eigenvalue weighted by Crippen LogP contribution is -2.36. The van der Waals surface area contributed by atoms with E-state index in [0.717, 1.165) is 51.0 Å². The Balaban J connectivity index is 1.34. The summed E-state index contributed by atoms with van der Waals surface area (Å²) in [5.74, 6) is 1.84. The molecule has 0 atom stereocenters. The first-order chi connectivity index (χ1) is 13.9. The van der Waals surface area contributed by atoms with Gasteiger partial charge in [-0.15, -0.1) is 0 Å². The second-order valence-corrected chi connectivity index (χ2v) is 7.72. The number of rotatable bonds is 6. The molecule has 2 fully saturated rings. The Morgan fingerprint density at radius 3 is 2.50 bits per heavy atom. The van der Waals surface area contributed by atoms with E-state index >= 15 is 0 Å². The highest BCUT2D eigenvalue weighted by molar-refractivity contribution is 5.49. The largest absolute Gasteiger partial charge is 0.378 e. The molecule has 0 aliphatic carbocycles. The van der Waals surface area contributed by atoms with E-state index in [2.05, 4.69) is 49.4 Å². The van der Waals surface area contributed by atoms with E-state index < -0.39 is 0 Å². The van der Waals surface area contributed by atoms with Gasteiger partial charge in [0.2, 0.25) is 0 Å². The van der Waals surface area contributed by atoms with Crippen LogP contribution in [0.1, 0.15) is 36.8 Å². The van der Waals surface area contributed by atoms with Crippen LogP contribution in [0, 0.1) is 0 Å². The molecule has 6 nitrogen and oxygen atoms in total. The average Bonchev–Trinajstić information content (AvgIpc) is 3.02. The van der Waals surface area contributed by atoms with Gasteiger partial charge < -0.3 is 15.0 Å². The fourth-order valence-electron chi connectivity index (χ4n) is 3.99. The minimum Gasteiger partial charge on any atom is -0.378 e. The second kappa shape index (κ2) is 9.85. The van der Waals surface area contributed by atoms with E-state index in [1.807, 2.05) is 6.07 Å². The third-order valence-electron chi connectivity index (χ3n) is 5.56. The molecule has 0 spiro atoms. The fourth-order valence-corrected chi connectivity index (χ4v) is 3.99. The zero-order valence-electron chi connectivity index (χ0n) is 16.6. The van der Waals surface area contributed by atoms with Gasteiger partial charge in [-0.2, -0.15) is 0 Å². The first-order valence-corrected chi connectivity index (χ1v) is 10.6. The van der Waals surface area contributed by atoms with Crippen LogP contribution in [0.4, 0.5) is 11.6 Å². The number of morpholine rings is 1. The molecule has 2 aromatic rings. The molecule has 2 aliphatic heterocycles. The van der Waals surface area contributed by atoms with E-state index in [4.69, 9.17) is 4.74 Å². The zero-order chi connectivity index (χ0) is 19.0. The van der Waals surface area contributed by atoms with Crippen molar-refractivity contribution < 1.29 is 4.74 Å². The predicted octanol–water partition coefficient (Wildman–Crippen LogP) is 3.30. The van der Waals surface area contributed by atoms with Gasteiger partial charge in [0.05, 0.1) is 13.2 Å². The highest BCUT2D eigenvalue weighted by atomic mass is 16.5. The van der Waals surface area contributed by atoms with Crippen LogP contribution in [-0.4, -0.2) is 54.3 Å². The molecular weight excluding hydrogens is 350 g/mol. The van der Waals surface area contributed by atoms with Crippen LogP contribution in [0.25, 0.3) is 0 Å². The summed E-state index contributed by atoms with van der Waals surface area (Å²) in [7, 11) is 0. The molecule has 0 saturated carbocycles. The molecule has 2 aliphatic rings. The van der Waals surface area contributed by atoms with Crippen LogP contribution in [0.2, 0.25) is 0 Å². The van der Waals surface area contributed by atoms with E-state index in [-0.39, 0.29) is 0 Å². The molecule has 0 bridgehead atoms. The van der Waals surface area contributed by atoms with Crippen LogP contribution in [0.15, 0.2) is 36.7 Å². The van der Waals surface area contributed by atoms with Gasteiger partial charge >= 0.3 is 0 Å². The van der Waals surface area contributed by atoms with Crippen molar-refractivity contribution in [2.45, 2.75) is 38.8 Å². The fraction of sp³-hybridized carbons (Fsp3) is 0.545. The van der Waals surface area contributed by atoms with Crippen molar-refractivity contribution >= 4 is 11.6 Å². The Morgan fingerprint density at radius 1 is 0.893 bits per heavy atom. The van der Waals surface area contributed by atoms with Crippen molar-refractivity contribution in [2.75, 3.05) is 49.6 Å². The second-order valence-electron chi connectivity index (χ2n) is 7.72. The van der Waals surface area contributed by atoms with E-state index in [1.165, 1.54) is 49.9 Å². The van der Waals surface area contributed by atoms with Gasteiger partial charge in [-0.1, -0.05) is 37.1 Å². The summed E-state index contributed by atoms with van der Waals surface area (Å²) < 4.78 is 5.43. The van der Waals surface area contributed by atoms with Crippen molar-refractivity contribution in [2.24, 2.45) is 0 Å². The van der Waals surface area contributed by atoms with Crippen LogP contribution in [0.3, 0.4) is 0 Å². The van der Waals surface area contributed by atoms with Crippen LogP contribution < -0.4 is 10.2 Å². The molecule has 2 saturated heterocycles. The number of hydrogen-bond acceptors (Lipinski definition) is 6. The topological polar surface area (TPSA) is 53.5 Å². The summed E-state index contributed by atoms with van der Waals surface area (Å²) in [5, 5.41) is 3.46. The van der Waals surface area contributed by atoms with Crippen molar-refractivity contribution in [3.05, 3.63) is 47.8 Å². The third-order valence-corrected chi connectivity index (χ3v) is 5.56. The lowest BCUT2D eigenvalue weighted by atomic mass is 10.1. The van der Waals surface area contributed by atoms with Gasteiger partial charge in [-0.3, -0.25) is 4.90 Å². The lowest BCUT2D eigenvalue weighted by molar-refractivity contribution is 0.122. The van der Waals surface area contributed by atoms with Gasteiger partial charge in [0.15, 0.2) is 0 Å². The number of aromatic nitrogens is 2. The minimum atomic E-state index is 0.760. The monoisotopic (exact) mass is 381 g/mol. The zero-order valence-corrected chi connectivity index (χ0v) is 16.6. The van der Waals surface area contributed by atoms with Crippen molar-refractivity contribution in [1.82, 2.24) is 14.9 Å². The first-order valence-electron chi connectivity index (χ1n) is 10.6. The number of nitrogens with zero attached hydrogens (tertiary/aromatic N) is 4. The lowest BCUT2D eigenvalue weighted by Gasteiger charge is -2.27. The average molecular weight is 382 g/mol. The number of benzene rings is 1. The van der Waals surface area contributed by atoms with Crippen molar-refractivity contribution in [3.63, 3.8) is 0 Å². The number of hydrogen-bond donors (Lipinski definition) is 1. The molecule has 0 unspecified atom stereocenters. The summed E-state index contributed by atoms with van der Waals surface area (Å²) in [6, 6.07) is 11.0. The Bertz CT molecular complexity index is 739. The SMILES string of the molecule is c1cc(CNc2cc(N3CCOCC3)ncn2)cc(CN2CCCCCC2)c1. The van der Waals surface area contributed by atoms with E-state index in [1.54, 1.807) is 6.33 Å². The van der Waals surface area contributed by atoms with Crippen LogP contribution in [0.5, 0.6) is 0 Å². The van der Waals surface area contributed by atoms with Gasteiger partial charge in [-0.05, 0) is 37.1 Å². The quantitative estimate of drug-likeness (QED) is 0.829. The van der Waals surface area contributed by atoms with Gasteiger partial charge in [0.25, 0.3) is 0 Å². The van der Waals surface area contributed by atoms with E-state index in [9.17, 15) is 0 Å². The molecule has 1 aromatic carbocycles. The molecule has 6 heteroatoms. The normalized spacial score (nSPS) is 18.6. The number of nitrogens with one attached hydrogen (secondary N) is 1. The molecule has 150 valence electrons. The van der Waals surface area contributed by atoms with Gasteiger partial charge in [0, 0.05) is 32.2 Å². The summed E-state index contributed by atoms with van der Waals surface area (Å²) in [5.41, 5.74) is 2.69. The summed E-state index contributed by atoms with van der Waals surface area (Å²) in [4.78, 5) is 13.6. The molecular formula is C22H31N5O. The maximum atomic E-state index is 5.43. The standard InChI is InChI=1S/C22H31N5O/c1-2-4-9-26(8-3-1)17-20-7-5-6-19(14-20)16-23-21-15-22(25-18-24-21)27-10-12-28-13-11-27/h5-7,14-15,18H,1-4,8-13,16-17H2,(H,23,24,25). The number of likely N-dealkylation sites (tertiary alicyclic amines) is 1. The molecule has 3 heterocycles. The molecule has 0 radical (unpaired) electrons. The van der Waals surface area contributed by atoms with Gasteiger partial charge in [-0.25, -0.2) is 9.97 Å². The smallest absolute Gasteiger partial charge is 0.134 e. The molecule has 4 rings (SSSR count). The first kappa shape index (κ1) is 19.2. The summed E-state index contributed by atoms with van der Waals surface area (Å²) in [6.45, 7) is 7.58. The molecule has 1 aromatic heterocycles. The molecule has 0 amide bonds. The maximum Gasteiger partial charge on any atom is 0.134 e. The van der Waals surface area contributed by atoms with Crippen molar-refractivity contribution in [1.29, 1.82) is 0 Å². The van der Waals surface area contributed by atoms with Crippen LogP contribution >= 0.6 is 0 Å². The minimum absolute atomic E-state index is 0.760. The Morgan fingerprint density at radius 2 is 1.68 bits per heavy atom. The number of ether oxygens (including phenoxy) is 1. The van der Waals surface area contributed by atoms with Crippen LogP contribution in [-0.2, 0) is 17.8 Å². The highest BCUT2D eigenvalue weighted by Crippen LogP contribution is 2.17. The molecule has 1 N–H and O–H groups in total. The van der Waals surface area contributed by atoms with Gasteiger partial charge in [0.1, 0.15) is 18.0 Å². The molecule has 28 heavy (non-hydrogen) atoms. The third kappa shape index (κ3) is 5.42. The maximum absolute atomic E-state index is 5.43. The van der Waals surface area contributed by atoms with E-state index in [0.29, 0.717) is 0 Å². The Hall–Kier alpha value is -2.18. The van der Waals surface area contributed by atoms with Crippen molar-refractivity contribution in [3.8, 4) is 0 Å². The summed E-state index contributed by atoms with van der Waals surface area (Å²) in [6.07, 6.45) is 7.07. The highest BCUT2D eigenvalue weighted by Gasteiger charge is 2.13. The Kier molecular flexibility index (Phi) is 6.73. The number of anilines is 2. The Labute approximate surface area is 167 Å². The summed E-state index contributed by atoms with van der Waals surface area (Å²) >= 11 is 0.